The molecule has 0 atom stereocenters. The quantitative estimate of drug-likeness (QED) is 0.754. The molecule has 7 heteroatoms. The summed E-state index contributed by atoms with van der Waals surface area (Å²) >= 11 is 1.38. The molecule has 1 aromatic carbocycles. The lowest BCUT2D eigenvalue weighted by atomic mass is 9.79. The van der Waals surface area contributed by atoms with E-state index < -0.39 is 11.1 Å². The predicted molar refractivity (Wildman–Crippen MR) is 106 cm³/mol. The first-order chi connectivity index (χ1) is 12.6. The van der Waals surface area contributed by atoms with Gasteiger partial charge < -0.3 is 9.47 Å². The maximum atomic E-state index is 13.0. The smallest absolute Gasteiger partial charge is 0.233 e. The fourth-order valence-corrected chi connectivity index (χ4v) is 4.91. The van der Waals surface area contributed by atoms with Crippen LogP contribution in [0.2, 0.25) is 0 Å². The third kappa shape index (κ3) is 3.93. The van der Waals surface area contributed by atoms with Crippen LogP contribution in [0.4, 0.5) is 0 Å². The molecule has 1 fully saturated rings. The van der Waals surface area contributed by atoms with Gasteiger partial charge in [-0.15, -0.1) is 10.2 Å². The van der Waals surface area contributed by atoms with Gasteiger partial charge in [0.15, 0.2) is 11.0 Å². The Hall–Kier alpha value is -2.15. The zero-order chi connectivity index (χ0) is 19.8. The Bertz CT molecular complexity index is 838. The normalized spacial score (nSPS) is 18.6. The van der Waals surface area contributed by atoms with Gasteiger partial charge in [-0.1, -0.05) is 42.1 Å². The van der Waals surface area contributed by atoms with E-state index in [2.05, 4.69) is 10.2 Å². The number of rotatable bonds is 4. The molecule has 3 rings (SSSR count). The first-order valence-corrected chi connectivity index (χ1v) is 10.0. The summed E-state index contributed by atoms with van der Waals surface area (Å²) in [6.45, 7) is 7.85. The van der Waals surface area contributed by atoms with Crippen LogP contribution < -0.4 is 0 Å². The van der Waals surface area contributed by atoms with Crippen LogP contribution in [0.15, 0.2) is 35.5 Å². The van der Waals surface area contributed by atoms with Crippen molar-refractivity contribution in [1.82, 2.24) is 19.7 Å². The van der Waals surface area contributed by atoms with Gasteiger partial charge in [-0.3, -0.25) is 9.59 Å². The Labute approximate surface area is 164 Å². The van der Waals surface area contributed by atoms with Gasteiger partial charge in [-0.25, -0.2) is 0 Å². The number of amides is 1. The van der Waals surface area contributed by atoms with Gasteiger partial charge in [0.05, 0.1) is 5.75 Å². The van der Waals surface area contributed by atoms with E-state index in [1.807, 2.05) is 74.5 Å². The van der Waals surface area contributed by atoms with Crippen molar-refractivity contribution in [3.63, 3.8) is 0 Å². The minimum atomic E-state index is -0.481. The van der Waals surface area contributed by atoms with Gasteiger partial charge >= 0.3 is 0 Å². The molecular weight excluding hydrogens is 360 g/mol. The second-order valence-corrected chi connectivity index (χ2v) is 9.21. The summed E-state index contributed by atoms with van der Waals surface area (Å²) in [4.78, 5) is 27.0. The van der Waals surface area contributed by atoms with E-state index >= 15 is 0 Å². The van der Waals surface area contributed by atoms with Crippen molar-refractivity contribution in [3.05, 3.63) is 30.3 Å². The summed E-state index contributed by atoms with van der Waals surface area (Å²) in [6.07, 6.45) is 0.796. The molecule has 1 aliphatic heterocycles. The highest BCUT2D eigenvalue weighted by Gasteiger charge is 2.47. The lowest BCUT2D eigenvalue weighted by Gasteiger charge is -2.52. The maximum absolute atomic E-state index is 13.0. The number of Topliss-reactive ketones (excluding diaryl/α,β-unsaturated/α-hetero) is 1. The Morgan fingerprint density at radius 2 is 1.67 bits per heavy atom. The Balaban J connectivity index is 1.74. The van der Waals surface area contributed by atoms with Crippen molar-refractivity contribution < 1.29 is 9.59 Å². The molecule has 1 amide bonds. The molecule has 1 saturated heterocycles. The molecule has 27 heavy (non-hydrogen) atoms. The van der Waals surface area contributed by atoms with Crippen LogP contribution in [0.3, 0.4) is 0 Å². The molecule has 1 aromatic heterocycles. The average molecular weight is 387 g/mol. The summed E-state index contributed by atoms with van der Waals surface area (Å²) < 4.78 is 1.91. The molecule has 1 aliphatic rings. The van der Waals surface area contributed by atoms with Gasteiger partial charge in [0.1, 0.15) is 5.78 Å². The zero-order valence-corrected chi connectivity index (χ0v) is 17.3. The third-order valence-electron chi connectivity index (χ3n) is 4.91. The van der Waals surface area contributed by atoms with Crippen LogP contribution in [-0.4, -0.2) is 48.2 Å². The SMILES string of the molecule is Cn1c(SCC(=O)N2C(C)(C)CC(=O)CC2(C)C)nnc1-c1ccccc1. The Morgan fingerprint density at radius 3 is 2.26 bits per heavy atom. The summed E-state index contributed by atoms with van der Waals surface area (Å²) in [5.41, 5.74) is 0.0272. The largest absolute Gasteiger partial charge is 0.331 e. The lowest BCUT2D eigenvalue weighted by Crippen LogP contribution is -2.63. The van der Waals surface area contributed by atoms with Crippen LogP contribution in [0, 0.1) is 0 Å². The number of piperidine rings is 1. The minimum Gasteiger partial charge on any atom is -0.331 e. The van der Waals surface area contributed by atoms with E-state index in [1.54, 1.807) is 0 Å². The number of likely N-dealkylation sites (tertiary alicyclic amines) is 1. The lowest BCUT2D eigenvalue weighted by molar-refractivity contribution is -0.151. The molecule has 0 bridgehead atoms. The van der Waals surface area contributed by atoms with Crippen molar-refractivity contribution in [1.29, 1.82) is 0 Å². The van der Waals surface area contributed by atoms with Crippen LogP contribution in [-0.2, 0) is 16.6 Å². The van der Waals surface area contributed by atoms with E-state index in [9.17, 15) is 9.59 Å². The summed E-state index contributed by atoms with van der Waals surface area (Å²) in [5.74, 6) is 1.27. The summed E-state index contributed by atoms with van der Waals surface area (Å²) in [7, 11) is 1.91. The fraction of sp³-hybridized carbons (Fsp3) is 0.500. The number of hydrogen-bond acceptors (Lipinski definition) is 5. The van der Waals surface area contributed by atoms with E-state index in [4.69, 9.17) is 0 Å². The van der Waals surface area contributed by atoms with Crippen molar-refractivity contribution in [2.45, 2.75) is 56.8 Å². The topological polar surface area (TPSA) is 68.1 Å². The third-order valence-corrected chi connectivity index (χ3v) is 5.92. The highest BCUT2D eigenvalue weighted by Crippen LogP contribution is 2.37. The van der Waals surface area contributed by atoms with Crippen LogP contribution in [0.25, 0.3) is 11.4 Å². The molecule has 6 nitrogen and oxygen atoms in total. The molecule has 0 N–H and O–H groups in total. The number of nitrogens with zero attached hydrogens (tertiary/aromatic N) is 4. The molecule has 0 saturated carbocycles. The average Bonchev–Trinajstić information content (AvgIpc) is 2.91. The van der Waals surface area contributed by atoms with Gasteiger partial charge in [0.2, 0.25) is 5.91 Å². The first-order valence-electron chi connectivity index (χ1n) is 9.04. The van der Waals surface area contributed by atoms with Crippen LogP contribution in [0.5, 0.6) is 0 Å². The number of ketones is 1. The molecular formula is C20H26N4O2S. The van der Waals surface area contributed by atoms with Crippen molar-refractivity contribution in [3.8, 4) is 11.4 Å². The number of hydrogen-bond donors (Lipinski definition) is 0. The molecule has 0 spiro atoms. The number of benzene rings is 1. The second-order valence-electron chi connectivity index (χ2n) is 8.27. The highest BCUT2D eigenvalue weighted by atomic mass is 32.2. The number of carbonyl (C=O) groups excluding carboxylic acids is 2. The summed E-state index contributed by atoms with van der Waals surface area (Å²) in [6, 6.07) is 9.85. The molecule has 0 radical (unpaired) electrons. The molecule has 0 aliphatic carbocycles. The standard InChI is InChI=1S/C20H26N4O2S/c1-19(2)11-15(25)12-20(3,4)24(19)16(26)13-27-18-22-21-17(23(18)5)14-9-7-6-8-10-14/h6-10H,11-13H2,1-5H3. The maximum Gasteiger partial charge on any atom is 0.233 e. The van der Waals surface area contributed by atoms with E-state index in [0.29, 0.717) is 18.0 Å². The van der Waals surface area contributed by atoms with E-state index in [0.717, 1.165) is 11.4 Å². The van der Waals surface area contributed by atoms with Gasteiger partial charge in [-0.05, 0) is 27.7 Å². The molecule has 144 valence electrons. The molecule has 2 aromatic rings. The molecule has 2 heterocycles. The number of aromatic nitrogens is 3. The monoisotopic (exact) mass is 386 g/mol. The van der Waals surface area contributed by atoms with Gasteiger partial charge in [0, 0.05) is 36.5 Å². The molecule has 0 unspecified atom stereocenters. The predicted octanol–water partition coefficient (Wildman–Crippen LogP) is 3.32. The van der Waals surface area contributed by atoms with Crippen LogP contribution >= 0.6 is 11.8 Å². The number of thioether (sulfide) groups is 1. The van der Waals surface area contributed by atoms with Crippen molar-refractivity contribution >= 4 is 23.5 Å². The minimum absolute atomic E-state index is 0.0201. The Kier molecular flexibility index (Phi) is 5.16. The van der Waals surface area contributed by atoms with Crippen molar-refractivity contribution in [2.24, 2.45) is 7.05 Å². The van der Waals surface area contributed by atoms with Gasteiger partial charge in [0.25, 0.3) is 0 Å². The fourth-order valence-electron chi connectivity index (χ4n) is 4.15. The van der Waals surface area contributed by atoms with E-state index in [-0.39, 0.29) is 17.4 Å². The van der Waals surface area contributed by atoms with E-state index in [1.165, 1.54) is 11.8 Å². The second kappa shape index (κ2) is 7.11. The summed E-state index contributed by atoms with van der Waals surface area (Å²) in [5, 5.41) is 9.21. The van der Waals surface area contributed by atoms with Crippen molar-refractivity contribution in [2.75, 3.05) is 5.75 Å². The van der Waals surface area contributed by atoms with Crippen LogP contribution in [0.1, 0.15) is 40.5 Å². The Morgan fingerprint density at radius 1 is 1.07 bits per heavy atom. The zero-order valence-electron chi connectivity index (χ0n) is 16.5. The first kappa shape index (κ1) is 19.6. The number of carbonyl (C=O) groups is 2. The highest BCUT2D eigenvalue weighted by molar-refractivity contribution is 7.99. The van der Waals surface area contributed by atoms with Gasteiger partial charge in [-0.2, -0.15) is 0 Å².